The van der Waals surface area contributed by atoms with E-state index in [4.69, 9.17) is 5.11 Å². The fourth-order valence-electron chi connectivity index (χ4n) is 2.12. The molecule has 1 atom stereocenters. The highest BCUT2D eigenvalue weighted by Crippen LogP contribution is 2.25. The minimum atomic E-state index is -0.998. The predicted molar refractivity (Wildman–Crippen MR) is 76.5 cm³/mol. The first kappa shape index (κ1) is 15.0. The molecule has 2 aromatic rings. The first-order valence-electron chi connectivity index (χ1n) is 6.44. The van der Waals surface area contributed by atoms with E-state index in [0.717, 1.165) is 11.6 Å². The number of carbonyl (C=O) groups is 1. The molecule has 2 aromatic carbocycles. The molecule has 0 fully saturated rings. The Labute approximate surface area is 121 Å². The monoisotopic (exact) mass is 291 g/mol. The van der Waals surface area contributed by atoms with Crippen LogP contribution < -0.4 is 5.32 Å². The Morgan fingerprint density at radius 1 is 1.19 bits per heavy atom. The third kappa shape index (κ3) is 3.37. The van der Waals surface area contributed by atoms with Crippen LogP contribution >= 0.6 is 0 Å². The second-order valence-corrected chi connectivity index (χ2v) is 4.87. The van der Waals surface area contributed by atoms with Gasteiger partial charge in [-0.2, -0.15) is 0 Å². The maximum atomic E-state index is 13.7. The van der Waals surface area contributed by atoms with Gasteiger partial charge in [0.05, 0.1) is 11.6 Å². The largest absolute Gasteiger partial charge is 0.478 e. The first-order valence-corrected chi connectivity index (χ1v) is 6.44. The third-order valence-electron chi connectivity index (χ3n) is 3.27. The number of nitrogens with one attached hydrogen (secondary N) is 1. The average Bonchev–Trinajstić information content (AvgIpc) is 2.40. The van der Waals surface area contributed by atoms with E-state index in [2.05, 4.69) is 5.32 Å². The molecule has 3 nitrogen and oxygen atoms in total. The number of rotatable bonds is 4. The van der Waals surface area contributed by atoms with Crippen LogP contribution in [0.3, 0.4) is 0 Å². The first-order chi connectivity index (χ1) is 9.88. The average molecular weight is 291 g/mol. The fraction of sp³-hybridized carbons (Fsp3) is 0.188. The van der Waals surface area contributed by atoms with E-state index in [1.807, 2.05) is 0 Å². The Hall–Kier alpha value is -2.43. The Bertz CT molecular complexity index is 686. The van der Waals surface area contributed by atoms with E-state index in [-0.39, 0.29) is 11.6 Å². The maximum absolute atomic E-state index is 13.7. The standard InChI is InChI=1S/C16H15F2NO2/c1-9-7-11(16(20)21)3-6-15(9)19-10(2)13-5-4-12(17)8-14(13)18/h3-8,10,19H,1-2H3,(H,20,21). The van der Waals surface area contributed by atoms with Crippen molar-refractivity contribution in [3.8, 4) is 0 Å². The van der Waals surface area contributed by atoms with Crippen molar-refractivity contribution >= 4 is 11.7 Å². The van der Waals surface area contributed by atoms with Crippen molar-refractivity contribution in [2.24, 2.45) is 0 Å². The van der Waals surface area contributed by atoms with Crippen LogP contribution in [0.15, 0.2) is 36.4 Å². The molecule has 0 spiro atoms. The summed E-state index contributed by atoms with van der Waals surface area (Å²) in [4.78, 5) is 10.9. The zero-order valence-corrected chi connectivity index (χ0v) is 11.7. The molecule has 5 heteroatoms. The molecule has 0 radical (unpaired) electrons. The molecular formula is C16H15F2NO2. The summed E-state index contributed by atoms with van der Waals surface area (Å²) < 4.78 is 26.6. The van der Waals surface area contributed by atoms with Gasteiger partial charge < -0.3 is 10.4 Å². The number of aromatic carboxylic acids is 1. The minimum Gasteiger partial charge on any atom is -0.478 e. The summed E-state index contributed by atoms with van der Waals surface area (Å²) >= 11 is 0. The van der Waals surface area contributed by atoms with Crippen LogP contribution in [-0.4, -0.2) is 11.1 Å². The van der Waals surface area contributed by atoms with Crippen LogP contribution in [-0.2, 0) is 0 Å². The number of benzene rings is 2. The van der Waals surface area contributed by atoms with E-state index in [0.29, 0.717) is 11.3 Å². The van der Waals surface area contributed by atoms with Crippen molar-refractivity contribution in [3.05, 3.63) is 64.7 Å². The molecule has 0 amide bonds. The second-order valence-electron chi connectivity index (χ2n) is 4.87. The van der Waals surface area contributed by atoms with Gasteiger partial charge >= 0.3 is 5.97 Å². The number of anilines is 1. The third-order valence-corrected chi connectivity index (χ3v) is 3.27. The van der Waals surface area contributed by atoms with Crippen molar-refractivity contribution in [2.45, 2.75) is 19.9 Å². The van der Waals surface area contributed by atoms with Crippen molar-refractivity contribution in [1.82, 2.24) is 0 Å². The summed E-state index contributed by atoms with van der Waals surface area (Å²) in [6.45, 7) is 3.52. The van der Waals surface area contributed by atoms with Gasteiger partial charge in [0.1, 0.15) is 11.6 Å². The molecule has 0 aromatic heterocycles. The summed E-state index contributed by atoms with van der Waals surface area (Å²) in [5.74, 6) is -2.23. The number of hydrogen-bond acceptors (Lipinski definition) is 2. The maximum Gasteiger partial charge on any atom is 0.335 e. The summed E-state index contributed by atoms with van der Waals surface area (Å²) in [5.41, 5.74) is 1.98. The number of carboxylic acids is 1. The lowest BCUT2D eigenvalue weighted by Gasteiger charge is -2.18. The van der Waals surface area contributed by atoms with Gasteiger partial charge in [-0.1, -0.05) is 6.07 Å². The Morgan fingerprint density at radius 2 is 1.90 bits per heavy atom. The van der Waals surface area contributed by atoms with Gasteiger partial charge in [0.25, 0.3) is 0 Å². The quantitative estimate of drug-likeness (QED) is 0.890. The van der Waals surface area contributed by atoms with Crippen molar-refractivity contribution in [2.75, 3.05) is 5.32 Å². The van der Waals surface area contributed by atoms with E-state index in [9.17, 15) is 13.6 Å². The second kappa shape index (κ2) is 5.91. The van der Waals surface area contributed by atoms with Crippen molar-refractivity contribution in [1.29, 1.82) is 0 Å². The molecule has 0 aliphatic carbocycles. The molecular weight excluding hydrogens is 276 g/mol. The van der Waals surface area contributed by atoms with Gasteiger partial charge in [0.2, 0.25) is 0 Å². The zero-order chi connectivity index (χ0) is 15.6. The van der Waals surface area contributed by atoms with Gasteiger partial charge in [-0.25, -0.2) is 13.6 Å². The summed E-state index contributed by atoms with van der Waals surface area (Å²) in [7, 11) is 0. The van der Waals surface area contributed by atoms with Crippen molar-refractivity contribution in [3.63, 3.8) is 0 Å². The van der Waals surface area contributed by atoms with E-state index in [1.54, 1.807) is 26.0 Å². The highest BCUT2D eigenvalue weighted by Gasteiger charge is 2.13. The van der Waals surface area contributed by atoms with Crippen LogP contribution in [0.25, 0.3) is 0 Å². The number of halogens is 2. The van der Waals surface area contributed by atoms with E-state index < -0.39 is 17.6 Å². The summed E-state index contributed by atoms with van der Waals surface area (Å²) in [6, 6.07) is 7.72. The molecule has 0 bridgehead atoms. The van der Waals surface area contributed by atoms with E-state index in [1.165, 1.54) is 18.2 Å². The SMILES string of the molecule is Cc1cc(C(=O)O)ccc1NC(C)c1ccc(F)cc1F. The predicted octanol–water partition coefficient (Wildman–Crippen LogP) is 4.14. The summed E-state index contributed by atoms with van der Waals surface area (Å²) in [5, 5.41) is 12.0. The van der Waals surface area contributed by atoms with Crippen LogP contribution in [0.2, 0.25) is 0 Å². The molecule has 21 heavy (non-hydrogen) atoms. The molecule has 0 heterocycles. The molecule has 0 aliphatic heterocycles. The Balaban J connectivity index is 2.23. The highest BCUT2D eigenvalue weighted by atomic mass is 19.1. The molecule has 0 saturated heterocycles. The molecule has 2 N–H and O–H groups in total. The zero-order valence-electron chi connectivity index (χ0n) is 11.7. The summed E-state index contributed by atoms with van der Waals surface area (Å²) in [6.07, 6.45) is 0. The molecule has 0 aliphatic rings. The van der Waals surface area contributed by atoms with Crippen LogP contribution in [0.1, 0.15) is 34.5 Å². The molecule has 0 saturated carbocycles. The lowest BCUT2D eigenvalue weighted by Crippen LogP contribution is -2.10. The van der Waals surface area contributed by atoms with Crippen LogP contribution in [0, 0.1) is 18.6 Å². The molecule has 1 unspecified atom stereocenters. The van der Waals surface area contributed by atoms with Gasteiger partial charge in [-0.3, -0.25) is 0 Å². The highest BCUT2D eigenvalue weighted by molar-refractivity contribution is 5.88. The lowest BCUT2D eigenvalue weighted by atomic mass is 10.1. The Morgan fingerprint density at radius 3 is 2.48 bits per heavy atom. The molecule has 110 valence electrons. The topological polar surface area (TPSA) is 49.3 Å². The normalized spacial score (nSPS) is 12.0. The number of carboxylic acid groups (broad SMARTS) is 1. The van der Waals surface area contributed by atoms with Gasteiger partial charge in [-0.15, -0.1) is 0 Å². The lowest BCUT2D eigenvalue weighted by molar-refractivity contribution is 0.0697. The number of hydrogen-bond donors (Lipinski definition) is 2. The number of aryl methyl sites for hydroxylation is 1. The van der Waals surface area contributed by atoms with E-state index >= 15 is 0 Å². The van der Waals surface area contributed by atoms with Crippen LogP contribution in [0.4, 0.5) is 14.5 Å². The van der Waals surface area contributed by atoms with Gasteiger partial charge in [0.15, 0.2) is 0 Å². The van der Waals surface area contributed by atoms with Crippen LogP contribution in [0.5, 0.6) is 0 Å². The van der Waals surface area contributed by atoms with Crippen molar-refractivity contribution < 1.29 is 18.7 Å². The fourth-order valence-corrected chi connectivity index (χ4v) is 2.12. The van der Waals surface area contributed by atoms with Gasteiger partial charge in [0, 0.05) is 17.3 Å². The smallest absolute Gasteiger partial charge is 0.335 e. The molecule has 2 rings (SSSR count). The van der Waals surface area contributed by atoms with Gasteiger partial charge in [-0.05, 0) is 43.7 Å². The Kier molecular flexibility index (Phi) is 4.21. The minimum absolute atomic E-state index is 0.193.